The summed E-state index contributed by atoms with van der Waals surface area (Å²) in [6.45, 7) is 0.993. The summed E-state index contributed by atoms with van der Waals surface area (Å²) in [4.78, 5) is 41.6. The van der Waals surface area contributed by atoms with E-state index in [0.29, 0.717) is 21.7 Å². The van der Waals surface area contributed by atoms with Crippen LogP contribution < -0.4 is 9.47 Å². The zero-order valence-corrected chi connectivity index (χ0v) is 17.7. The fourth-order valence-electron chi connectivity index (χ4n) is 3.05. The van der Waals surface area contributed by atoms with Crippen LogP contribution in [-0.2, 0) is 4.74 Å². The summed E-state index contributed by atoms with van der Waals surface area (Å²) in [5, 5.41) is 0. The first-order valence-corrected chi connectivity index (χ1v) is 9.83. The minimum atomic E-state index is -0.689. The topological polar surface area (TPSA) is 97.9 Å². The predicted molar refractivity (Wildman–Crippen MR) is 108 cm³/mol. The number of esters is 1. The molecule has 0 unspecified atom stereocenters. The molecule has 1 aromatic heterocycles. The number of amides is 1. The second-order valence-electron chi connectivity index (χ2n) is 6.50. The highest BCUT2D eigenvalue weighted by molar-refractivity contribution is 9.10. The Kier molecular flexibility index (Phi) is 6.58. The number of Topliss-reactive ketones (excluding diaryl/α,β-unsaturated/α-hetero) is 1. The fourth-order valence-corrected chi connectivity index (χ4v) is 3.61. The van der Waals surface area contributed by atoms with Crippen molar-refractivity contribution in [2.45, 2.75) is 12.8 Å². The van der Waals surface area contributed by atoms with Gasteiger partial charge in [-0.1, -0.05) is 0 Å². The Hall–Kier alpha value is -2.81. The standard InChI is InChI=1S/C20H21BrN2O6/c1-27-16-8-12(9-17(28-2)18(16)21)20(26)29-11-15(24)13-7-14(22-10-13)19(25)23-5-3-4-6-23/h7-10,22H,3-6,11H2,1-2H3. The number of aromatic nitrogens is 1. The van der Waals surface area contributed by atoms with Crippen LogP contribution in [0.2, 0.25) is 0 Å². The van der Waals surface area contributed by atoms with Crippen LogP contribution in [-0.4, -0.2) is 61.5 Å². The van der Waals surface area contributed by atoms with Crippen molar-refractivity contribution >= 4 is 33.6 Å². The maximum atomic E-state index is 12.4. The van der Waals surface area contributed by atoms with Gasteiger partial charge in [0, 0.05) is 24.8 Å². The van der Waals surface area contributed by atoms with Gasteiger partial charge in [0.1, 0.15) is 21.7 Å². The molecule has 9 heteroatoms. The van der Waals surface area contributed by atoms with Crippen molar-refractivity contribution < 1.29 is 28.6 Å². The van der Waals surface area contributed by atoms with Crippen LogP contribution in [0.25, 0.3) is 0 Å². The molecule has 1 saturated heterocycles. The Balaban J connectivity index is 1.63. The van der Waals surface area contributed by atoms with E-state index in [2.05, 4.69) is 20.9 Å². The van der Waals surface area contributed by atoms with Crippen LogP contribution in [0, 0.1) is 0 Å². The van der Waals surface area contributed by atoms with E-state index < -0.39 is 18.4 Å². The van der Waals surface area contributed by atoms with E-state index in [1.54, 1.807) is 4.90 Å². The summed E-state index contributed by atoms with van der Waals surface area (Å²) >= 11 is 3.33. The van der Waals surface area contributed by atoms with Crippen LogP contribution in [0.4, 0.5) is 0 Å². The van der Waals surface area contributed by atoms with Crippen molar-refractivity contribution in [3.05, 3.63) is 45.7 Å². The third-order valence-electron chi connectivity index (χ3n) is 4.64. The number of likely N-dealkylation sites (tertiary alicyclic amines) is 1. The quantitative estimate of drug-likeness (QED) is 0.499. The van der Waals surface area contributed by atoms with Crippen molar-refractivity contribution in [2.24, 2.45) is 0 Å². The number of hydrogen-bond donors (Lipinski definition) is 1. The molecule has 1 aromatic carbocycles. The number of nitrogens with one attached hydrogen (secondary N) is 1. The predicted octanol–water partition coefficient (Wildman–Crippen LogP) is 3.07. The molecule has 0 aliphatic carbocycles. The maximum absolute atomic E-state index is 12.4. The van der Waals surface area contributed by atoms with Crippen molar-refractivity contribution in [1.82, 2.24) is 9.88 Å². The highest BCUT2D eigenvalue weighted by Gasteiger charge is 2.22. The Labute approximate surface area is 176 Å². The molecule has 2 aromatic rings. The summed E-state index contributed by atoms with van der Waals surface area (Å²) in [7, 11) is 2.93. The van der Waals surface area contributed by atoms with Gasteiger partial charge in [-0.15, -0.1) is 0 Å². The minimum absolute atomic E-state index is 0.132. The molecule has 8 nitrogen and oxygen atoms in total. The number of halogens is 1. The van der Waals surface area contributed by atoms with Crippen molar-refractivity contribution in [3.63, 3.8) is 0 Å². The zero-order valence-electron chi connectivity index (χ0n) is 16.1. The van der Waals surface area contributed by atoms with Crippen LogP contribution in [0.3, 0.4) is 0 Å². The molecule has 154 valence electrons. The molecule has 3 rings (SSSR count). The summed E-state index contributed by atoms with van der Waals surface area (Å²) in [5.41, 5.74) is 0.823. The normalized spacial score (nSPS) is 13.3. The lowest BCUT2D eigenvalue weighted by Crippen LogP contribution is -2.27. The number of ether oxygens (including phenoxy) is 3. The van der Waals surface area contributed by atoms with Gasteiger partial charge in [0.2, 0.25) is 5.78 Å². The number of aromatic amines is 1. The highest BCUT2D eigenvalue weighted by atomic mass is 79.9. The summed E-state index contributed by atoms with van der Waals surface area (Å²) in [6, 6.07) is 4.47. The van der Waals surface area contributed by atoms with E-state index in [-0.39, 0.29) is 17.0 Å². The van der Waals surface area contributed by atoms with E-state index in [1.165, 1.54) is 38.6 Å². The van der Waals surface area contributed by atoms with E-state index >= 15 is 0 Å². The van der Waals surface area contributed by atoms with Crippen LogP contribution in [0.1, 0.15) is 44.0 Å². The molecule has 1 amide bonds. The van der Waals surface area contributed by atoms with Gasteiger partial charge in [0.15, 0.2) is 6.61 Å². The number of rotatable bonds is 7. The second-order valence-corrected chi connectivity index (χ2v) is 7.29. The van der Waals surface area contributed by atoms with E-state index in [1.807, 2.05) is 0 Å². The average Bonchev–Trinajstić information content (AvgIpc) is 3.43. The molecule has 0 bridgehead atoms. The minimum Gasteiger partial charge on any atom is -0.495 e. The SMILES string of the molecule is COc1cc(C(=O)OCC(=O)c2c[nH]c(C(=O)N3CCCC3)c2)cc(OC)c1Br. The summed E-state index contributed by atoms with van der Waals surface area (Å²) in [5.74, 6) is -0.429. The van der Waals surface area contributed by atoms with Gasteiger partial charge in [-0.3, -0.25) is 9.59 Å². The molecular formula is C20H21BrN2O6. The van der Waals surface area contributed by atoms with E-state index in [0.717, 1.165) is 25.9 Å². The monoisotopic (exact) mass is 464 g/mol. The first-order chi connectivity index (χ1) is 13.9. The molecule has 0 saturated carbocycles. The number of ketones is 1. The molecule has 1 aliphatic rings. The van der Waals surface area contributed by atoms with Crippen molar-refractivity contribution in [3.8, 4) is 11.5 Å². The zero-order chi connectivity index (χ0) is 21.0. The number of H-pyrrole nitrogens is 1. The van der Waals surface area contributed by atoms with E-state index in [4.69, 9.17) is 14.2 Å². The lowest BCUT2D eigenvalue weighted by Gasteiger charge is -2.13. The number of carbonyl (C=O) groups is 3. The Bertz CT molecular complexity index is 908. The van der Waals surface area contributed by atoms with Gasteiger partial charge >= 0.3 is 5.97 Å². The lowest BCUT2D eigenvalue weighted by molar-refractivity contribution is 0.0474. The van der Waals surface area contributed by atoms with Gasteiger partial charge in [0.05, 0.1) is 19.8 Å². The third kappa shape index (κ3) is 4.61. The van der Waals surface area contributed by atoms with Crippen LogP contribution in [0.15, 0.2) is 28.9 Å². The molecule has 1 fully saturated rings. The van der Waals surface area contributed by atoms with E-state index in [9.17, 15) is 14.4 Å². The van der Waals surface area contributed by atoms with Gasteiger partial charge in [-0.05, 0) is 47.0 Å². The number of carbonyl (C=O) groups excluding carboxylic acids is 3. The summed E-state index contributed by atoms with van der Waals surface area (Å²) in [6.07, 6.45) is 3.42. The average molecular weight is 465 g/mol. The molecule has 1 N–H and O–H groups in total. The largest absolute Gasteiger partial charge is 0.495 e. The number of hydrogen-bond acceptors (Lipinski definition) is 6. The van der Waals surface area contributed by atoms with Crippen molar-refractivity contribution in [1.29, 1.82) is 0 Å². The molecule has 29 heavy (non-hydrogen) atoms. The summed E-state index contributed by atoms with van der Waals surface area (Å²) < 4.78 is 16.1. The smallest absolute Gasteiger partial charge is 0.338 e. The van der Waals surface area contributed by atoms with Gasteiger partial charge in [-0.2, -0.15) is 0 Å². The number of methoxy groups -OCH3 is 2. The van der Waals surface area contributed by atoms with Crippen molar-refractivity contribution in [2.75, 3.05) is 33.9 Å². The Morgan fingerprint density at radius 3 is 2.24 bits per heavy atom. The Morgan fingerprint density at radius 2 is 1.66 bits per heavy atom. The van der Waals surface area contributed by atoms with Crippen LogP contribution in [0.5, 0.6) is 11.5 Å². The van der Waals surface area contributed by atoms with Gasteiger partial charge in [0.25, 0.3) is 5.91 Å². The molecule has 0 radical (unpaired) electrons. The second kappa shape index (κ2) is 9.13. The molecule has 1 aliphatic heterocycles. The third-order valence-corrected chi connectivity index (χ3v) is 5.43. The first-order valence-electron chi connectivity index (χ1n) is 9.04. The number of benzene rings is 1. The number of nitrogens with zero attached hydrogens (tertiary/aromatic N) is 1. The molecule has 0 spiro atoms. The maximum Gasteiger partial charge on any atom is 0.338 e. The fraction of sp³-hybridized carbons (Fsp3) is 0.350. The molecular weight excluding hydrogens is 444 g/mol. The Morgan fingerprint density at radius 1 is 1.03 bits per heavy atom. The lowest BCUT2D eigenvalue weighted by atomic mass is 10.2. The first kappa shape index (κ1) is 20.9. The molecule has 2 heterocycles. The molecule has 0 atom stereocenters. The highest BCUT2D eigenvalue weighted by Crippen LogP contribution is 2.35. The van der Waals surface area contributed by atoms with Gasteiger partial charge < -0.3 is 24.1 Å². The van der Waals surface area contributed by atoms with Gasteiger partial charge in [-0.25, -0.2) is 4.79 Å². The van der Waals surface area contributed by atoms with Crippen LogP contribution >= 0.6 is 15.9 Å².